The van der Waals surface area contributed by atoms with E-state index < -0.39 is 0 Å². The van der Waals surface area contributed by atoms with Crippen molar-refractivity contribution in [1.82, 2.24) is 14.8 Å². The van der Waals surface area contributed by atoms with E-state index in [0.29, 0.717) is 25.7 Å². The third-order valence-corrected chi connectivity index (χ3v) is 4.39. The van der Waals surface area contributed by atoms with Crippen molar-refractivity contribution in [1.29, 1.82) is 0 Å². The van der Waals surface area contributed by atoms with Crippen molar-refractivity contribution in [3.8, 4) is 11.4 Å². The number of hydrogen-bond donors (Lipinski definition) is 0. The fourth-order valence-corrected chi connectivity index (χ4v) is 3.12. The van der Waals surface area contributed by atoms with Gasteiger partial charge >= 0.3 is 0 Å². The van der Waals surface area contributed by atoms with Crippen molar-refractivity contribution in [2.24, 2.45) is 0 Å². The highest BCUT2D eigenvalue weighted by Crippen LogP contribution is 2.33. The van der Waals surface area contributed by atoms with Crippen LogP contribution in [0.25, 0.3) is 5.69 Å². The lowest BCUT2D eigenvalue weighted by atomic mass is 10.1. The summed E-state index contributed by atoms with van der Waals surface area (Å²) in [6.45, 7) is 1.51. The van der Waals surface area contributed by atoms with E-state index in [9.17, 15) is 0 Å². The van der Waals surface area contributed by atoms with E-state index >= 15 is 0 Å². The van der Waals surface area contributed by atoms with E-state index in [1.54, 1.807) is 14.2 Å². The maximum Gasteiger partial charge on any atom is 0.158 e. The number of rotatable bonds is 8. The zero-order valence-corrected chi connectivity index (χ0v) is 14.4. The van der Waals surface area contributed by atoms with E-state index in [0.717, 1.165) is 23.1 Å². The molecule has 0 N–H and O–H groups in total. The van der Waals surface area contributed by atoms with E-state index in [-0.39, 0.29) is 0 Å². The Hall–Kier alpha value is -1.92. The number of nitrogens with zero attached hydrogens (tertiary/aromatic N) is 3. The summed E-state index contributed by atoms with van der Waals surface area (Å²) in [6, 6.07) is 7.85. The Morgan fingerprint density at radius 1 is 1.12 bits per heavy atom. The molecule has 1 aromatic carbocycles. The molecule has 2 aromatic rings. The van der Waals surface area contributed by atoms with Gasteiger partial charge in [-0.2, -0.15) is 5.10 Å². The molecule has 1 aliphatic carbocycles. The SMILES string of the molecule is COCCOCc1nc(C2CCCC2)nn1-c1ccccc1OC. The quantitative estimate of drug-likeness (QED) is 0.696. The first-order chi connectivity index (χ1) is 11.8. The average Bonchev–Trinajstić information content (AvgIpc) is 3.28. The zero-order chi connectivity index (χ0) is 16.8. The smallest absolute Gasteiger partial charge is 0.158 e. The second-order valence-corrected chi connectivity index (χ2v) is 6.00. The zero-order valence-electron chi connectivity index (χ0n) is 14.4. The molecule has 0 aliphatic heterocycles. The number of para-hydroxylation sites is 2. The summed E-state index contributed by atoms with van der Waals surface area (Å²) in [6.07, 6.45) is 4.85. The van der Waals surface area contributed by atoms with Crippen molar-refractivity contribution in [3.05, 3.63) is 35.9 Å². The highest BCUT2D eigenvalue weighted by Gasteiger charge is 2.24. The van der Waals surface area contributed by atoms with Gasteiger partial charge in [0.1, 0.15) is 18.0 Å². The van der Waals surface area contributed by atoms with E-state index in [1.807, 2.05) is 28.9 Å². The van der Waals surface area contributed by atoms with Crippen LogP contribution in [-0.4, -0.2) is 42.2 Å². The monoisotopic (exact) mass is 331 g/mol. The molecule has 1 fully saturated rings. The molecule has 1 heterocycles. The molecule has 6 nitrogen and oxygen atoms in total. The van der Waals surface area contributed by atoms with Crippen LogP contribution >= 0.6 is 0 Å². The molecule has 1 saturated carbocycles. The molecule has 0 saturated heterocycles. The van der Waals surface area contributed by atoms with E-state index in [4.69, 9.17) is 24.3 Å². The molecule has 24 heavy (non-hydrogen) atoms. The minimum Gasteiger partial charge on any atom is -0.494 e. The normalized spacial score (nSPS) is 15.1. The van der Waals surface area contributed by atoms with Gasteiger partial charge in [0.05, 0.1) is 20.3 Å². The molecule has 1 aliphatic rings. The Morgan fingerprint density at radius 3 is 2.67 bits per heavy atom. The van der Waals surface area contributed by atoms with Crippen molar-refractivity contribution < 1.29 is 14.2 Å². The lowest BCUT2D eigenvalue weighted by Gasteiger charge is -2.10. The minimum absolute atomic E-state index is 0.404. The van der Waals surface area contributed by atoms with Gasteiger partial charge in [0.15, 0.2) is 11.6 Å². The van der Waals surface area contributed by atoms with Gasteiger partial charge in [0.25, 0.3) is 0 Å². The summed E-state index contributed by atoms with van der Waals surface area (Å²) in [7, 11) is 3.33. The Morgan fingerprint density at radius 2 is 1.92 bits per heavy atom. The first-order valence-corrected chi connectivity index (χ1v) is 8.49. The van der Waals surface area contributed by atoms with Gasteiger partial charge < -0.3 is 14.2 Å². The second kappa shape index (κ2) is 8.26. The van der Waals surface area contributed by atoms with Crippen LogP contribution in [0, 0.1) is 0 Å². The van der Waals surface area contributed by atoms with E-state index in [1.165, 1.54) is 25.7 Å². The van der Waals surface area contributed by atoms with Crippen LogP contribution in [0.2, 0.25) is 0 Å². The predicted molar refractivity (Wildman–Crippen MR) is 90.7 cm³/mol. The first-order valence-electron chi connectivity index (χ1n) is 8.49. The van der Waals surface area contributed by atoms with Crippen LogP contribution in [-0.2, 0) is 16.1 Å². The van der Waals surface area contributed by atoms with Crippen molar-refractivity contribution in [2.75, 3.05) is 27.4 Å². The van der Waals surface area contributed by atoms with Crippen LogP contribution in [0.15, 0.2) is 24.3 Å². The summed E-state index contributed by atoms with van der Waals surface area (Å²) in [4.78, 5) is 4.77. The third-order valence-electron chi connectivity index (χ3n) is 4.39. The second-order valence-electron chi connectivity index (χ2n) is 6.00. The molecule has 0 radical (unpaired) electrons. The number of benzene rings is 1. The van der Waals surface area contributed by atoms with Gasteiger partial charge in [-0.1, -0.05) is 25.0 Å². The number of hydrogen-bond acceptors (Lipinski definition) is 5. The van der Waals surface area contributed by atoms with Crippen LogP contribution in [0.3, 0.4) is 0 Å². The number of ether oxygens (including phenoxy) is 3. The summed E-state index contributed by atoms with van der Waals surface area (Å²) >= 11 is 0. The van der Waals surface area contributed by atoms with Crippen molar-refractivity contribution >= 4 is 0 Å². The highest BCUT2D eigenvalue weighted by molar-refractivity contribution is 5.46. The lowest BCUT2D eigenvalue weighted by Crippen LogP contribution is -2.09. The molecule has 3 rings (SSSR count). The Balaban J connectivity index is 1.89. The van der Waals surface area contributed by atoms with Gasteiger partial charge in [-0.3, -0.25) is 0 Å². The third kappa shape index (κ3) is 3.76. The fourth-order valence-electron chi connectivity index (χ4n) is 3.12. The maximum atomic E-state index is 5.68. The van der Waals surface area contributed by atoms with Gasteiger partial charge in [-0.15, -0.1) is 0 Å². The van der Waals surface area contributed by atoms with E-state index in [2.05, 4.69) is 0 Å². The molecule has 0 bridgehead atoms. The highest BCUT2D eigenvalue weighted by atomic mass is 16.5. The van der Waals surface area contributed by atoms with Gasteiger partial charge in [0, 0.05) is 13.0 Å². The summed E-state index contributed by atoms with van der Waals surface area (Å²) < 4.78 is 18.1. The molecule has 1 aromatic heterocycles. The Kier molecular flexibility index (Phi) is 5.82. The topological polar surface area (TPSA) is 58.4 Å². The standard InChI is InChI=1S/C18H25N3O3/c1-22-11-12-24-13-17-19-18(14-7-3-4-8-14)20-21(17)15-9-5-6-10-16(15)23-2/h5-6,9-10,14H,3-4,7-8,11-13H2,1-2H3. The summed E-state index contributed by atoms with van der Waals surface area (Å²) in [5.74, 6) is 2.96. The lowest BCUT2D eigenvalue weighted by molar-refractivity contribution is 0.0578. The number of methoxy groups -OCH3 is 2. The molecule has 130 valence electrons. The predicted octanol–water partition coefficient (Wildman–Crippen LogP) is 3.10. The fraction of sp³-hybridized carbons (Fsp3) is 0.556. The Labute approximate surface area is 142 Å². The molecular weight excluding hydrogens is 306 g/mol. The molecular formula is C18H25N3O3. The van der Waals surface area contributed by atoms with Crippen LogP contribution < -0.4 is 4.74 Å². The van der Waals surface area contributed by atoms with Crippen molar-refractivity contribution in [3.63, 3.8) is 0 Å². The average molecular weight is 331 g/mol. The van der Waals surface area contributed by atoms with Crippen LogP contribution in [0.1, 0.15) is 43.3 Å². The Bertz CT molecular complexity index is 651. The van der Waals surface area contributed by atoms with Gasteiger partial charge in [0.2, 0.25) is 0 Å². The molecule has 0 unspecified atom stereocenters. The summed E-state index contributed by atoms with van der Waals surface area (Å²) in [5.41, 5.74) is 0.891. The van der Waals surface area contributed by atoms with Crippen LogP contribution in [0.5, 0.6) is 5.75 Å². The molecule has 6 heteroatoms. The van der Waals surface area contributed by atoms with Crippen molar-refractivity contribution in [2.45, 2.75) is 38.2 Å². The largest absolute Gasteiger partial charge is 0.494 e. The molecule has 0 spiro atoms. The van der Waals surface area contributed by atoms with Gasteiger partial charge in [-0.25, -0.2) is 9.67 Å². The maximum absolute atomic E-state index is 5.68. The minimum atomic E-state index is 0.404. The van der Waals surface area contributed by atoms with Crippen LogP contribution in [0.4, 0.5) is 0 Å². The number of aromatic nitrogens is 3. The van der Waals surface area contributed by atoms with Gasteiger partial charge in [-0.05, 0) is 25.0 Å². The first kappa shape index (κ1) is 16.9. The summed E-state index contributed by atoms with van der Waals surface area (Å²) in [5, 5.41) is 4.78. The molecule has 0 amide bonds. The molecule has 0 atom stereocenters.